The molecule has 0 amide bonds. The maximum absolute atomic E-state index is 6.05. The molecule has 25 heavy (non-hydrogen) atoms. The lowest BCUT2D eigenvalue weighted by atomic mass is 9.47. The number of allylic oxidation sites excluding steroid dienone is 1. The van der Waals surface area contributed by atoms with Crippen LogP contribution < -0.4 is 0 Å². The summed E-state index contributed by atoms with van der Waals surface area (Å²) in [6.07, 6.45) is 13.0. The molecule has 5 rings (SSSR count). The van der Waals surface area contributed by atoms with Gasteiger partial charge < -0.3 is 14.2 Å². The molecular weight excluding hydrogens is 312 g/mol. The maximum Gasteiger partial charge on any atom is 0.172 e. The first-order valence-electron chi connectivity index (χ1n) is 10.5. The first-order valence-corrected chi connectivity index (χ1v) is 10.5. The number of fused-ring (bicyclic) bond motifs is 5. The van der Waals surface area contributed by atoms with Gasteiger partial charge >= 0.3 is 0 Å². The van der Waals surface area contributed by atoms with Crippen LogP contribution in [0.25, 0.3) is 0 Å². The third-order valence-corrected chi connectivity index (χ3v) is 9.12. The van der Waals surface area contributed by atoms with E-state index in [9.17, 15) is 0 Å². The number of ether oxygens (including phenoxy) is 3. The van der Waals surface area contributed by atoms with Gasteiger partial charge in [-0.1, -0.05) is 25.5 Å². The molecule has 5 aliphatic rings. The summed E-state index contributed by atoms with van der Waals surface area (Å²) < 4.78 is 18.0. The highest BCUT2D eigenvalue weighted by atomic mass is 16.7. The van der Waals surface area contributed by atoms with Gasteiger partial charge in [-0.3, -0.25) is 0 Å². The van der Waals surface area contributed by atoms with Crippen LogP contribution in [0, 0.1) is 28.6 Å². The Labute approximate surface area is 152 Å². The molecule has 1 saturated heterocycles. The zero-order chi connectivity index (χ0) is 17.3. The molecule has 0 aromatic carbocycles. The van der Waals surface area contributed by atoms with Crippen molar-refractivity contribution in [3.8, 4) is 0 Å². The number of methoxy groups -OCH3 is 1. The first kappa shape index (κ1) is 16.8. The van der Waals surface area contributed by atoms with Crippen LogP contribution in [-0.2, 0) is 14.2 Å². The minimum Gasteiger partial charge on any atom is -0.381 e. The minimum absolute atomic E-state index is 0.282. The molecule has 4 fully saturated rings. The quantitative estimate of drug-likeness (QED) is 0.644. The molecule has 0 N–H and O–H groups in total. The summed E-state index contributed by atoms with van der Waals surface area (Å²) in [5.74, 6) is 2.27. The topological polar surface area (TPSA) is 27.7 Å². The molecule has 140 valence electrons. The summed E-state index contributed by atoms with van der Waals surface area (Å²) in [4.78, 5) is 0. The Morgan fingerprint density at radius 3 is 2.56 bits per heavy atom. The monoisotopic (exact) mass is 346 g/mol. The zero-order valence-electron chi connectivity index (χ0n) is 16.2. The molecule has 1 heterocycles. The second-order valence-corrected chi connectivity index (χ2v) is 9.89. The summed E-state index contributed by atoms with van der Waals surface area (Å²) in [5, 5.41) is 0. The summed E-state index contributed by atoms with van der Waals surface area (Å²) in [6, 6.07) is 0. The van der Waals surface area contributed by atoms with Crippen molar-refractivity contribution in [2.45, 2.75) is 77.1 Å². The molecule has 1 spiro atoms. The standard InChI is InChI=1S/C22H34O3/c1-20-10-11-22(24-12-13-25-22)14-15(20)4-5-16-17-6-7-19(23-3)21(17,2)9-8-18(16)20/h4,16-19H,5-14H2,1-3H3/t16-,17-,18-,19-,20-,21-/m0/s1. The first-order chi connectivity index (χ1) is 12.0. The highest BCUT2D eigenvalue weighted by molar-refractivity contribution is 5.26. The van der Waals surface area contributed by atoms with Gasteiger partial charge in [-0.25, -0.2) is 0 Å². The predicted octanol–water partition coefficient (Wildman–Crippen LogP) is 4.71. The average Bonchev–Trinajstić information content (AvgIpc) is 3.19. The SMILES string of the molecule is CO[C@H]1CC[C@H]2[C@@H]3CC=C4CC5(CC[C@]4(C)[C@H]3CC[C@]12C)OCCO5. The molecule has 0 bridgehead atoms. The van der Waals surface area contributed by atoms with Crippen LogP contribution in [0.1, 0.15) is 65.2 Å². The van der Waals surface area contributed by atoms with Crippen molar-refractivity contribution in [3.05, 3.63) is 11.6 Å². The van der Waals surface area contributed by atoms with E-state index in [0.717, 1.165) is 43.8 Å². The molecule has 0 aromatic heterocycles. The van der Waals surface area contributed by atoms with E-state index in [1.54, 1.807) is 5.57 Å². The molecule has 3 heteroatoms. The maximum atomic E-state index is 6.05. The summed E-state index contributed by atoms with van der Waals surface area (Å²) >= 11 is 0. The van der Waals surface area contributed by atoms with E-state index in [-0.39, 0.29) is 5.79 Å². The lowest BCUT2D eigenvalue weighted by molar-refractivity contribution is -0.186. The average molecular weight is 347 g/mol. The van der Waals surface area contributed by atoms with Crippen LogP contribution in [-0.4, -0.2) is 32.2 Å². The van der Waals surface area contributed by atoms with Gasteiger partial charge in [0.25, 0.3) is 0 Å². The Morgan fingerprint density at radius 1 is 1.00 bits per heavy atom. The van der Waals surface area contributed by atoms with Gasteiger partial charge in [-0.2, -0.15) is 0 Å². The normalized spacial score (nSPS) is 50.9. The van der Waals surface area contributed by atoms with Crippen molar-refractivity contribution in [2.24, 2.45) is 28.6 Å². The lowest BCUT2D eigenvalue weighted by Crippen LogP contribution is -2.53. The van der Waals surface area contributed by atoms with E-state index in [0.29, 0.717) is 16.9 Å². The number of hydrogen-bond acceptors (Lipinski definition) is 3. The van der Waals surface area contributed by atoms with Crippen LogP contribution in [0.2, 0.25) is 0 Å². The van der Waals surface area contributed by atoms with Crippen molar-refractivity contribution in [3.63, 3.8) is 0 Å². The van der Waals surface area contributed by atoms with E-state index in [1.165, 1.54) is 38.5 Å². The third-order valence-electron chi connectivity index (χ3n) is 9.12. The molecule has 6 atom stereocenters. The van der Waals surface area contributed by atoms with Gasteiger partial charge in [-0.05, 0) is 67.1 Å². The van der Waals surface area contributed by atoms with E-state index in [2.05, 4.69) is 19.9 Å². The molecule has 4 aliphatic carbocycles. The molecule has 3 nitrogen and oxygen atoms in total. The van der Waals surface area contributed by atoms with Gasteiger partial charge in [0, 0.05) is 20.0 Å². The fraction of sp³-hybridized carbons (Fsp3) is 0.909. The van der Waals surface area contributed by atoms with Crippen molar-refractivity contribution >= 4 is 0 Å². The fourth-order valence-corrected chi connectivity index (χ4v) is 7.69. The lowest BCUT2D eigenvalue weighted by Gasteiger charge is -2.58. The highest BCUT2D eigenvalue weighted by Crippen LogP contribution is 2.66. The summed E-state index contributed by atoms with van der Waals surface area (Å²) in [7, 11) is 1.92. The smallest absolute Gasteiger partial charge is 0.172 e. The zero-order valence-corrected chi connectivity index (χ0v) is 16.2. The Balaban J connectivity index is 1.44. The second kappa shape index (κ2) is 5.56. The summed E-state index contributed by atoms with van der Waals surface area (Å²) in [5.41, 5.74) is 2.42. The highest BCUT2D eigenvalue weighted by Gasteiger charge is 2.60. The Kier molecular flexibility index (Phi) is 3.73. The largest absolute Gasteiger partial charge is 0.381 e. The predicted molar refractivity (Wildman–Crippen MR) is 97.1 cm³/mol. The molecule has 0 radical (unpaired) electrons. The van der Waals surface area contributed by atoms with E-state index < -0.39 is 0 Å². The van der Waals surface area contributed by atoms with E-state index in [1.807, 2.05) is 7.11 Å². The van der Waals surface area contributed by atoms with Crippen molar-refractivity contribution in [1.82, 2.24) is 0 Å². The van der Waals surface area contributed by atoms with Crippen LogP contribution in [0.4, 0.5) is 0 Å². The Morgan fingerprint density at radius 2 is 1.80 bits per heavy atom. The molecular formula is C22H34O3. The van der Waals surface area contributed by atoms with Gasteiger partial charge in [0.15, 0.2) is 5.79 Å². The van der Waals surface area contributed by atoms with Crippen molar-refractivity contribution in [2.75, 3.05) is 20.3 Å². The Bertz CT molecular complexity index is 578. The van der Waals surface area contributed by atoms with E-state index in [4.69, 9.17) is 14.2 Å². The van der Waals surface area contributed by atoms with Crippen molar-refractivity contribution < 1.29 is 14.2 Å². The molecule has 1 aliphatic heterocycles. The Hall–Kier alpha value is -0.380. The summed E-state index contributed by atoms with van der Waals surface area (Å²) in [6.45, 7) is 6.62. The van der Waals surface area contributed by atoms with Crippen LogP contribution in [0.3, 0.4) is 0 Å². The number of hydrogen-bond donors (Lipinski definition) is 0. The minimum atomic E-state index is -0.282. The van der Waals surface area contributed by atoms with Crippen LogP contribution in [0.5, 0.6) is 0 Å². The number of rotatable bonds is 1. The van der Waals surface area contributed by atoms with Gasteiger partial charge in [-0.15, -0.1) is 0 Å². The van der Waals surface area contributed by atoms with Crippen LogP contribution in [0.15, 0.2) is 11.6 Å². The molecule has 0 aromatic rings. The van der Waals surface area contributed by atoms with Gasteiger partial charge in [0.05, 0.1) is 19.3 Å². The fourth-order valence-electron chi connectivity index (χ4n) is 7.69. The second-order valence-electron chi connectivity index (χ2n) is 9.89. The van der Waals surface area contributed by atoms with Gasteiger partial charge in [0.1, 0.15) is 0 Å². The van der Waals surface area contributed by atoms with E-state index >= 15 is 0 Å². The molecule has 0 unspecified atom stereocenters. The third kappa shape index (κ3) is 2.21. The van der Waals surface area contributed by atoms with Crippen molar-refractivity contribution in [1.29, 1.82) is 0 Å². The van der Waals surface area contributed by atoms with Crippen LogP contribution >= 0.6 is 0 Å². The molecule has 3 saturated carbocycles. The van der Waals surface area contributed by atoms with Gasteiger partial charge in [0.2, 0.25) is 0 Å².